The first-order valence-corrected chi connectivity index (χ1v) is 8.43. The van der Waals surface area contributed by atoms with Crippen molar-refractivity contribution in [2.24, 2.45) is 0 Å². The van der Waals surface area contributed by atoms with Crippen molar-refractivity contribution in [3.63, 3.8) is 0 Å². The Morgan fingerprint density at radius 1 is 1.25 bits per heavy atom. The molecule has 1 aliphatic carbocycles. The molecule has 0 saturated carbocycles. The van der Waals surface area contributed by atoms with Crippen molar-refractivity contribution < 1.29 is 9.90 Å². The van der Waals surface area contributed by atoms with Crippen LogP contribution < -0.4 is 5.32 Å². The van der Waals surface area contributed by atoms with Gasteiger partial charge in [-0.25, -0.2) is 4.79 Å². The average molecular weight is 324 g/mol. The van der Waals surface area contributed by atoms with Crippen molar-refractivity contribution >= 4 is 6.03 Å². The number of aryl methyl sites for hydroxylation is 1. The molecule has 2 aromatic carbocycles. The zero-order valence-corrected chi connectivity index (χ0v) is 14.2. The molecule has 0 heterocycles. The highest BCUT2D eigenvalue weighted by Crippen LogP contribution is 2.34. The Morgan fingerprint density at radius 3 is 2.71 bits per heavy atom. The summed E-state index contributed by atoms with van der Waals surface area (Å²) in [7, 11) is 1.87. The van der Waals surface area contributed by atoms with E-state index in [2.05, 4.69) is 23.5 Å². The molecule has 4 nitrogen and oxygen atoms in total. The third-order valence-corrected chi connectivity index (χ3v) is 4.74. The van der Waals surface area contributed by atoms with Crippen LogP contribution in [0.1, 0.15) is 36.1 Å². The second-order valence-electron chi connectivity index (χ2n) is 6.59. The standard InChI is InChI=1S/C20H24N2O2/c1-14(13-15-7-10-17(23)11-8-15)21-20(24)22(2)19-12-9-16-5-3-4-6-18(16)19/h3-8,10-11,14,19,23H,9,12-13H2,1-2H3,(H,21,24)/t14-,19+/m0/s1. The molecular weight excluding hydrogens is 300 g/mol. The molecule has 2 atom stereocenters. The van der Waals surface area contributed by atoms with Gasteiger partial charge in [-0.3, -0.25) is 0 Å². The number of nitrogens with zero attached hydrogens (tertiary/aromatic N) is 1. The lowest BCUT2D eigenvalue weighted by Crippen LogP contribution is -2.43. The van der Waals surface area contributed by atoms with Crippen molar-refractivity contribution in [1.82, 2.24) is 10.2 Å². The number of phenolic OH excluding ortho intramolecular Hbond substituents is 1. The van der Waals surface area contributed by atoms with Crippen LogP contribution >= 0.6 is 0 Å². The molecule has 0 spiro atoms. The van der Waals surface area contributed by atoms with Gasteiger partial charge in [-0.05, 0) is 55.0 Å². The number of carbonyl (C=O) groups excluding carboxylic acids is 1. The topological polar surface area (TPSA) is 52.6 Å². The maximum Gasteiger partial charge on any atom is 0.317 e. The third-order valence-electron chi connectivity index (χ3n) is 4.74. The number of amides is 2. The van der Waals surface area contributed by atoms with Crippen molar-refractivity contribution in [2.45, 2.75) is 38.3 Å². The van der Waals surface area contributed by atoms with Gasteiger partial charge in [-0.15, -0.1) is 0 Å². The summed E-state index contributed by atoms with van der Waals surface area (Å²) in [4.78, 5) is 14.4. The number of hydrogen-bond donors (Lipinski definition) is 2. The van der Waals surface area contributed by atoms with E-state index in [9.17, 15) is 9.90 Å². The Hall–Kier alpha value is -2.49. The first kappa shape index (κ1) is 16.4. The van der Waals surface area contributed by atoms with Crippen LogP contribution in [-0.2, 0) is 12.8 Å². The Kier molecular flexibility index (Phi) is 4.74. The molecule has 4 heteroatoms. The molecule has 0 saturated heterocycles. The summed E-state index contributed by atoms with van der Waals surface area (Å²) in [6.45, 7) is 2.00. The molecular formula is C20H24N2O2. The highest BCUT2D eigenvalue weighted by Gasteiger charge is 2.28. The van der Waals surface area contributed by atoms with Crippen molar-refractivity contribution in [2.75, 3.05) is 7.05 Å². The van der Waals surface area contributed by atoms with E-state index < -0.39 is 0 Å². The maximum atomic E-state index is 12.6. The Morgan fingerprint density at radius 2 is 1.96 bits per heavy atom. The number of aromatic hydroxyl groups is 1. The minimum atomic E-state index is -0.0389. The third kappa shape index (κ3) is 3.53. The second kappa shape index (κ2) is 6.95. The molecule has 2 amide bonds. The smallest absolute Gasteiger partial charge is 0.317 e. The van der Waals surface area contributed by atoms with Crippen molar-refractivity contribution in [3.05, 3.63) is 65.2 Å². The summed E-state index contributed by atoms with van der Waals surface area (Å²) >= 11 is 0. The van der Waals surface area contributed by atoms with Gasteiger partial charge in [-0.1, -0.05) is 36.4 Å². The molecule has 1 aliphatic rings. The van der Waals surface area contributed by atoms with Crippen LogP contribution in [0.2, 0.25) is 0 Å². The van der Waals surface area contributed by atoms with Crippen LogP contribution in [0, 0.1) is 0 Å². The van der Waals surface area contributed by atoms with E-state index in [1.807, 2.05) is 37.1 Å². The van der Waals surface area contributed by atoms with Gasteiger partial charge in [0.2, 0.25) is 0 Å². The molecule has 0 aliphatic heterocycles. The lowest BCUT2D eigenvalue weighted by Gasteiger charge is -2.27. The summed E-state index contributed by atoms with van der Waals surface area (Å²) in [5.41, 5.74) is 3.70. The predicted octanol–water partition coefficient (Wildman–Crippen LogP) is 3.65. The molecule has 0 radical (unpaired) electrons. The Labute approximate surface area is 143 Å². The van der Waals surface area contributed by atoms with E-state index >= 15 is 0 Å². The average Bonchev–Trinajstić information content (AvgIpc) is 3.00. The Bertz CT molecular complexity index is 712. The van der Waals surface area contributed by atoms with E-state index in [0.717, 1.165) is 24.8 Å². The fraction of sp³-hybridized carbons (Fsp3) is 0.350. The fourth-order valence-electron chi connectivity index (χ4n) is 3.43. The summed E-state index contributed by atoms with van der Waals surface area (Å²) in [6.07, 6.45) is 2.75. The quantitative estimate of drug-likeness (QED) is 0.902. The normalized spacial score (nSPS) is 17.2. The van der Waals surface area contributed by atoms with Crippen LogP contribution in [0.25, 0.3) is 0 Å². The minimum Gasteiger partial charge on any atom is -0.508 e. The van der Waals surface area contributed by atoms with E-state index in [4.69, 9.17) is 0 Å². The van der Waals surface area contributed by atoms with Gasteiger partial charge < -0.3 is 15.3 Å². The highest BCUT2D eigenvalue weighted by atomic mass is 16.3. The lowest BCUT2D eigenvalue weighted by molar-refractivity contribution is 0.187. The number of urea groups is 1. The maximum absolute atomic E-state index is 12.6. The molecule has 24 heavy (non-hydrogen) atoms. The first-order chi connectivity index (χ1) is 11.5. The van der Waals surface area contributed by atoms with Gasteiger partial charge in [-0.2, -0.15) is 0 Å². The van der Waals surface area contributed by atoms with Crippen LogP contribution in [0.15, 0.2) is 48.5 Å². The van der Waals surface area contributed by atoms with Crippen LogP contribution in [-0.4, -0.2) is 29.1 Å². The molecule has 0 bridgehead atoms. The van der Waals surface area contributed by atoms with E-state index in [-0.39, 0.29) is 23.9 Å². The zero-order valence-electron chi connectivity index (χ0n) is 14.2. The van der Waals surface area contributed by atoms with Gasteiger partial charge in [0.1, 0.15) is 5.75 Å². The highest BCUT2D eigenvalue weighted by molar-refractivity contribution is 5.75. The fourth-order valence-corrected chi connectivity index (χ4v) is 3.43. The molecule has 2 aromatic rings. The Balaban J connectivity index is 1.59. The zero-order chi connectivity index (χ0) is 17.1. The number of nitrogens with one attached hydrogen (secondary N) is 1. The van der Waals surface area contributed by atoms with Gasteiger partial charge in [0.05, 0.1) is 6.04 Å². The molecule has 0 fully saturated rings. The number of hydrogen-bond acceptors (Lipinski definition) is 2. The summed E-state index contributed by atoms with van der Waals surface area (Å²) < 4.78 is 0. The monoisotopic (exact) mass is 324 g/mol. The lowest BCUT2D eigenvalue weighted by atomic mass is 10.1. The van der Waals surface area contributed by atoms with Gasteiger partial charge >= 0.3 is 6.03 Å². The summed E-state index contributed by atoms with van der Waals surface area (Å²) in [6, 6.07) is 15.6. The number of carbonyl (C=O) groups is 1. The first-order valence-electron chi connectivity index (χ1n) is 8.43. The second-order valence-corrected chi connectivity index (χ2v) is 6.59. The van der Waals surface area contributed by atoms with Crippen molar-refractivity contribution in [3.8, 4) is 5.75 Å². The largest absolute Gasteiger partial charge is 0.508 e. The predicted molar refractivity (Wildman–Crippen MR) is 95.1 cm³/mol. The number of rotatable bonds is 4. The van der Waals surface area contributed by atoms with E-state index in [1.165, 1.54) is 11.1 Å². The minimum absolute atomic E-state index is 0.0288. The van der Waals surface area contributed by atoms with Crippen LogP contribution in [0.3, 0.4) is 0 Å². The van der Waals surface area contributed by atoms with Crippen LogP contribution in [0.5, 0.6) is 5.75 Å². The molecule has 0 unspecified atom stereocenters. The number of fused-ring (bicyclic) bond motifs is 1. The number of benzene rings is 2. The molecule has 2 N–H and O–H groups in total. The molecule has 3 rings (SSSR count). The van der Waals surface area contributed by atoms with Gasteiger partial charge in [0.25, 0.3) is 0 Å². The van der Waals surface area contributed by atoms with E-state index in [1.54, 1.807) is 12.1 Å². The SMILES string of the molecule is C[C@@H](Cc1ccc(O)cc1)NC(=O)N(C)[C@@H]1CCc2ccccc21. The van der Waals surface area contributed by atoms with Crippen molar-refractivity contribution in [1.29, 1.82) is 0 Å². The summed E-state index contributed by atoms with van der Waals surface area (Å²) in [5.74, 6) is 0.259. The molecule has 126 valence electrons. The van der Waals surface area contributed by atoms with Crippen LogP contribution in [0.4, 0.5) is 4.79 Å². The summed E-state index contributed by atoms with van der Waals surface area (Å²) in [5, 5.41) is 12.4. The van der Waals surface area contributed by atoms with Gasteiger partial charge in [0.15, 0.2) is 0 Å². The molecule has 0 aromatic heterocycles. The number of phenols is 1. The van der Waals surface area contributed by atoms with Gasteiger partial charge in [0, 0.05) is 13.1 Å². The van der Waals surface area contributed by atoms with E-state index in [0.29, 0.717) is 0 Å².